The summed E-state index contributed by atoms with van der Waals surface area (Å²) in [5, 5.41) is 0. The monoisotopic (exact) mass is 220 g/mol. The molecular formula is C10H17ClO3. The van der Waals surface area contributed by atoms with Gasteiger partial charge in [0, 0.05) is 0 Å². The first kappa shape index (κ1) is 13.4. The fraction of sp³-hybridized carbons (Fsp3) is 0.800. The van der Waals surface area contributed by atoms with Crippen LogP contribution in [0.1, 0.15) is 33.6 Å². The number of rotatable bonds is 6. The maximum atomic E-state index is 11.3. The number of ether oxygens (including phenoxy) is 1. The van der Waals surface area contributed by atoms with E-state index in [1.54, 1.807) is 6.92 Å². The van der Waals surface area contributed by atoms with Crippen LogP contribution in [-0.4, -0.2) is 23.7 Å². The van der Waals surface area contributed by atoms with Gasteiger partial charge >= 0.3 is 5.97 Å². The maximum Gasteiger partial charge on any atom is 0.334 e. The summed E-state index contributed by atoms with van der Waals surface area (Å²) in [7, 11) is 0. The summed E-state index contributed by atoms with van der Waals surface area (Å²) >= 11 is 5.85. The van der Waals surface area contributed by atoms with Gasteiger partial charge in [0.2, 0.25) is 0 Å². The second kappa shape index (κ2) is 6.02. The molecule has 4 heteroatoms. The Bertz CT molecular complexity index is 204. The van der Waals surface area contributed by atoms with Crippen molar-refractivity contribution in [2.45, 2.75) is 38.5 Å². The molecule has 0 saturated carbocycles. The van der Waals surface area contributed by atoms with E-state index in [0.29, 0.717) is 18.6 Å². The lowest BCUT2D eigenvalue weighted by atomic mass is 9.98. The number of hydrogen-bond donors (Lipinski definition) is 0. The molecule has 0 heterocycles. The second-order valence-electron chi connectivity index (χ2n) is 3.63. The SMILES string of the molecule is CCOC(=O)C(Cl)(C=O)CCC(C)C. The van der Waals surface area contributed by atoms with Gasteiger partial charge < -0.3 is 9.53 Å². The van der Waals surface area contributed by atoms with Crippen molar-refractivity contribution < 1.29 is 14.3 Å². The van der Waals surface area contributed by atoms with E-state index in [-0.39, 0.29) is 6.61 Å². The van der Waals surface area contributed by atoms with Crippen molar-refractivity contribution in [3.05, 3.63) is 0 Å². The first-order valence-electron chi connectivity index (χ1n) is 4.78. The van der Waals surface area contributed by atoms with E-state index < -0.39 is 10.8 Å². The Hall–Kier alpha value is -0.570. The molecule has 0 N–H and O–H groups in total. The molecule has 1 unspecified atom stereocenters. The average Bonchev–Trinajstić information content (AvgIpc) is 2.14. The van der Waals surface area contributed by atoms with Crippen molar-refractivity contribution in [2.24, 2.45) is 5.92 Å². The van der Waals surface area contributed by atoms with Crippen LogP contribution in [0.3, 0.4) is 0 Å². The number of esters is 1. The van der Waals surface area contributed by atoms with Crippen LogP contribution in [0.2, 0.25) is 0 Å². The van der Waals surface area contributed by atoms with Crippen LogP contribution in [0.5, 0.6) is 0 Å². The predicted molar refractivity (Wildman–Crippen MR) is 55.4 cm³/mol. The molecule has 1 atom stereocenters. The van der Waals surface area contributed by atoms with Gasteiger partial charge in [0.05, 0.1) is 6.61 Å². The predicted octanol–water partition coefficient (Wildman–Crippen LogP) is 2.16. The number of carbonyl (C=O) groups excluding carboxylic acids is 2. The van der Waals surface area contributed by atoms with Crippen molar-refractivity contribution in [1.82, 2.24) is 0 Å². The summed E-state index contributed by atoms with van der Waals surface area (Å²) in [5.41, 5.74) is 0. The molecule has 0 radical (unpaired) electrons. The molecule has 0 aromatic rings. The second-order valence-corrected chi connectivity index (χ2v) is 4.31. The van der Waals surface area contributed by atoms with Crippen LogP contribution in [0, 0.1) is 5.92 Å². The minimum Gasteiger partial charge on any atom is -0.464 e. The van der Waals surface area contributed by atoms with Gasteiger partial charge in [-0.1, -0.05) is 25.4 Å². The summed E-state index contributed by atoms with van der Waals surface area (Å²) in [4.78, 5) is 20.6. The lowest BCUT2D eigenvalue weighted by Gasteiger charge is -2.19. The highest BCUT2D eigenvalue weighted by Gasteiger charge is 2.37. The number of halogens is 1. The molecule has 0 aliphatic heterocycles. The lowest BCUT2D eigenvalue weighted by molar-refractivity contribution is -0.147. The number of alkyl halides is 1. The normalized spacial score (nSPS) is 14.9. The van der Waals surface area contributed by atoms with E-state index in [9.17, 15) is 9.59 Å². The number of hydrogen-bond acceptors (Lipinski definition) is 3. The molecule has 0 aromatic heterocycles. The zero-order chi connectivity index (χ0) is 11.2. The molecule has 0 saturated heterocycles. The molecule has 0 aromatic carbocycles. The van der Waals surface area contributed by atoms with Gasteiger partial charge in [-0.3, -0.25) is 0 Å². The van der Waals surface area contributed by atoms with Crippen LogP contribution in [0.15, 0.2) is 0 Å². The highest BCUT2D eigenvalue weighted by molar-refractivity contribution is 6.42. The molecule has 82 valence electrons. The third-order valence-corrected chi connectivity index (χ3v) is 2.32. The Balaban J connectivity index is 4.30. The minimum atomic E-state index is -1.49. The summed E-state index contributed by atoms with van der Waals surface area (Å²) in [5.74, 6) is -0.236. The Morgan fingerprint density at radius 3 is 2.50 bits per heavy atom. The standard InChI is InChI=1S/C10H17ClO3/c1-4-14-9(13)10(11,7-12)6-5-8(2)3/h7-8H,4-6H2,1-3H3. The third kappa shape index (κ3) is 4.09. The molecule has 3 nitrogen and oxygen atoms in total. The summed E-state index contributed by atoms with van der Waals surface area (Å²) < 4.78 is 4.73. The van der Waals surface area contributed by atoms with Crippen LogP contribution in [-0.2, 0) is 14.3 Å². The van der Waals surface area contributed by atoms with Gasteiger partial charge in [0.1, 0.15) is 0 Å². The van der Waals surface area contributed by atoms with Crippen LogP contribution in [0.25, 0.3) is 0 Å². The molecule has 0 bridgehead atoms. The molecule has 0 aliphatic rings. The van der Waals surface area contributed by atoms with Crippen molar-refractivity contribution in [2.75, 3.05) is 6.61 Å². The first-order chi connectivity index (χ1) is 6.46. The van der Waals surface area contributed by atoms with Crippen molar-refractivity contribution in [1.29, 1.82) is 0 Å². The highest BCUT2D eigenvalue weighted by Crippen LogP contribution is 2.23. The average molecular weight is 221 g/mol. The Morgan fingerprint density at radius 2 is 2.14 bits per heavy atom. The van der Waals surface area contributed by atoms with Gasteiger partial charge in [0.15, 0.2) is 11.2 Å². The van der Waals surface area contributed by atoms with Crippen molar-refractivity contribution in [3.8, 4) is 0 Å². The molecule has 0 fully saturated rings. The molecular weight excluding hydrogens is 204 g/mol. The van der Waals surface area contributed by atoms with E-state index >= 15 is 0 Å². The van der Waals surface area contributed by atoms with E-state index in [0.717, 1.165) is 6.42 Å². The summed E-state index contributed by atoms with van der Waals surface area (Å²) in [6.45, 7) is 5.94. The maximum absolute atomic E-state index is 11.3. The summed E-state index contributed by atoms with van der Waals surface area (Å²) in [6, 6.07) is 0. The molecule has 0 rings (SSSR count). The van der Waals surface area contributed by atoms with E-state index in [1.165, 1.54) is 0 Å². The van der Waals surface area contributed by atoms with Crippen molar-refractivity contribution >= 4 is 23.9 Å². The highest BCUT2D eigenvalue weighted by atomic mass is 35.5. The van der Waals surface area contributed by atoms with Crippen LogP contribution >= 0.6 is 11.6 Å². The van der Waals surface area contributed by atoms with Crippen LogP contribution < -0.4 is 0 Å². The number of carbonyl (C=O) groups is 2. The van der Waals surface area contributed by atoms with Crippen molar-refractivity contribution in [3.63, 3.8) is 0 Å². The number of aldehydes is 1. The Morgan fingerprint density at radius 1 is 1.57 bits per heavy atom. The topological polar surface area (TPSA) is 43.4 Å². The van der Waals surface area contributed by atoms with E-state index in [4.69, 9.17) is 16.3 Å². The first-order valence-corrected chi connectivity index (χ1v) is 5.16. The molecule has 0 aliphatic carbocycles. The smallest absolute Gasteiger partial charge is 0.334 e. The molecule has 0 spiro atoms. The Labute approximate surface area is 89.8 Å². The molecule has 14 heavy (non-hydrogen) atoms. The summed E-state index contributed by atoms with van der Waals surface area (Å²) in [6.07, 6.45) is 1.52. The molecule has 0 amide bonds. The quantitative estimate of drug-likeness (QED) is 0.298. The van der Waals surface area contributed by atoms with Gasteiger partial charge in [-0.15, -0.1) is 0 Å². The van der Waals surface area contributed by atoms with Gasteiger partial charge in [0.25, 0.3) is 0 Å². The third-order valence-electron chi connectivity index (χ3n) is 1.89. The largest absolute Gasteiger partial charge is 0.464 e. The zero-order valence-electron chi connectivity index (χ0n) is 8.88. The zero-order valence-corrected chi connectivity index (χ0v) is 9.63. The van der Waals surface area contributed by atoms with Gasteiger partial charge in [-0.2, -0.15) is 0 Å². The minimum absolute atomic E-state index is 0.239. The lowest BCUT2D eigenvalue weighted by Crippen LogP contribution is -2.36. The van der Waals surface area contributed by atoms with Crippen LogP contribution in [0.4, 0.5) is 0 Å². The van der Waals surface area contributed by atoms with E-state index in [1.807, 2.05) is 13.8 Å². The Kier molecular flexibility index (Phi) is 5.77. The van der Waals surface area contributed by atoms with E-state index in [2.05, 4.69) is 0 Å². The van der Waals surface area contributed by atoms with Gasteiger partial charge in [-0.05, 0) is 25.7 Å². The van der Waals surface area contributed by atoms with Gasteiger partial charge in [-0.25, -0.2) is 4.79 Å². The fourth-order valence-corrected chi connectivity index (χ4v) is 1.12. The fourth-order valence-electron chi connectivity index (χ4n) is 0.959.